The molecule has 0 spiro atoms. The average Bonchev–Trinajstić information content (AvgIpc) is 2.53. The molecule has 0 aliphatic carbocycles. The highest BCUT2D eigenvalue weighted by molar-refractivity contribution is 5.21. The molecule has 1 aliphatic rings. The summed E-state index contributed by atoms with van der Waals surface area (Å²) in [6.45, 7) is 7.16. The Labute approximate surface area is 127 Å². The normalized spacial score (nSPS) is 17.2. The maximum absolute atomic E-state index is 5.54. The van der Waals surface area contributed by atoms with Crippen LogP contribution in [-0.2, 0) is 4.74 Å². The summed E-state index contributed by atoms with van der Waals surface area (Å²) in [6, 6.07) is 9.81. The summed E-state index contributed by atoms with van der Waals surface area (Å²) in [7, 11) is 2.18. The SMILES string of the molecule is CN1CCN(CCCOC=CCOc2ccccc2)CC1. The summed E-state index contributed by atoms with van der Waals surface area (Å²) in [5.41, 5.74) is 0. The number of rotatable bonds is 8. The van der Waals surface area contributed by atoms with Gasteiger partial charge in [0.1, 0.15) is 12.4 Å². The summed E-state index contributed by atoms with van der Waals surface area (Å²) in [6.07, 6.45) is 4.73. The lowest BCUT2D eigenvalue weighted by atomic mass is 10.3. The number of hydrogen-bond acceptors (Lipinski definition) is 4. The van der Waals surface area contributed by atoms with Crippen LogP contribution in [0, 0.1) is 0 Å². The Bertz CT molecular complexity index is 401. The maximum Gasteiger partial charge on any atom is 0.119 e. The number of hydrogen-bond donors (Lipinski definition) is 0. The highest BCUT2D eigenvalue weighted by Gasteiger charge is 2.12. The molecule has 0 atom stereocenters. The van der Waals surface area contributed by atoms with Crippen molar-refractivity contribution >= 4 is 0 Å². The van der Waals surface area contributed by atoms with E-state index < -0.39 is 0 Å². The molecule has 0 unspecified atom stereocenters. The zero-order valence-corrected chi connectivity index (χ0v) is 12.9. The number of nitrogens with zero attached hydrogens (tertiary/aromatic N) is 2. The first kappa shape index (κ1) is 15.9. The topological polar surface area (TPSA) is 24.9 Å². The van der Waals surface area contributed by atoms with E-state index in [1.807, 2.05) is 36.4 Å². The first-order valence-corrected chi connectivity index (χ1v) is 7.70. The Morgan fingerprint density at radius 3 is 2.62 bits per heavy atom. The van der Waals surface area contributed by atoms with Crippen LogP contribution in [0.25, 0.3) is 0 Å². The smallest absolute Gasteiger partial charge is 0.119 e. The summed E-state index contributed by atoms with van der Waals surface area (Å²) in [4.78, 5) is 4.88. The zero-order chi connectivity index (χ0) is 14.8. The molecule has 0 amide bonds. The first-order chi connectivity index (χ1) is 10.3. The number of likely N-dealkylation sites (N-methyl/N-ethyl adjacent to an activating group) is 1. The van der Waals surface area contributed by atoms with E-state index >= 15 is 0 Å². The highest BCUT2D eigenvalue weighted by Crippen LogP contribution is 2.07. The molecule has 1 heterocycles. The molecule has 2 rings (SSSR count). The molecule has 0 N–H and O–H groups in total. The lowest BCUT2D eigenvalue weighted by molar-refractivity contribution is 0.139. The van der Waals surface area contributed by atoms with Crippen LogP contribution < -0.4 is 4.74 Å². The quantitative estimate of drug-likeness (QED) is 0.541. The van der Waals surface area contributed by atoms with Crippen LogP contribution >= 0.6 is 0 Å². The fraction of sp³-hybridized carbons (Fsp3) is 0.529. The van der Waals surface area contributed by atoms with Crippen LogP contribution in [0.2, 0.25) is 0 Å². The van der Waals surface area contributed by atoms with Gasteiger partial charge in [0.2, 0.25) is 0 Å². The molecule has 0 aromatic heterocycles. The van der Waals surface area contributed by atoms with Crippen molar-refractivity contribution in [2.45, 2.75) is 6.42 Å². The Balaban J connectivity index is 1.45. The molecule has 1 saturated heterocycles. The van der Waals surface area contributed by atoms with Crippen molar-refractivity contribution in [3.63, 3.8) is 0 Å². The first-order valence-electron chi connectivity index (χ1n) is 7.70. The minimum Gasteiger partial charge on any atom is -0.501 e. The van der Waals surface area contributed by atoms with Gasteiger partial charge in [-0.25, -0.2) is 0 Å². The van der Waals surface area contributed by atoms with Gasteiger partial charge >= 0.3 is 0 Å². The van der Waals surface area contributed by atoms with Gasteiger partial charge in [-0.2, -0.15) is 0 Å². The van der Waals surface area contributed by atoms with E-state index in [0.29, 0.717) is 6.61 Å². The predicted molar refractivity (Wildman–Crippen MR) is 85.6 cm³/mol. The highest BCUT2D eigenvalue weighted by atomic mass is 16.5. The van der Waals surface area contributed by atoms with Crippen molar-refractivity contribution in [2.24, 2.45) is 0 Å². The third-order valence-electron chi connectivity index (χ3n) is 3.61. The van der Waals surface area contributed by atoms with Gasteiger partial charge in [-0.3, -0.25) is 0 Å². The monoisotopic (exact) mass is 290 g/mol. The van der Waals surface area contributed by atoms with E-state index in [1.165, 1.54) is 26.2 Å². The predicted octanol–water partition coefficient (Wildman–Crippen LogP) is 2.23. The van der Waals surface area contributed by atoms with E-state index in [-0.39, 0.29) is 0 Å². The molecule has 116 valence electrons. The molecule has 0 saturated carbocycles. The molecule has 0 radical (unpaired) electrons. The van der Waals surface area contributed by atoms with E-state index in [4.69, 9.17) is 9.47 Å². The molecule has 0 bridgehead atoms. The molecule has 1 aromatic rings. The van der Waals surface area contributed by atoms with Gasteiger partial charge < -0.3 is 19.3 Å². The van der Waals surface area contributed by atoms with Crippen molar-refractivity contribution in [1.82, 2.24) is 9.80 Å². The number of para-hydroxylation sites is 1. The minimum absolute atomic E-state index is 0.544. The number of benzene rings is 1. The van der Waals surface area contributed by atoms with Gasteiger partial charge in [-0.1, -0.05) is 18.2 Å². The summed E-state index contributed by atoms with van der Waals surface area (Å²) in [5, 5.41) is 0. The third kappa shape index (κ3) is 6.65. The Morgan fingerprint density at radius 2 is 1.86 bits per heavy atom. The van der Waals surface area contributed by atoms with Crippen LogP contribution in [0.4, 0.5) is 0 Å². The van der Waals surface area contributed by atoms with Crippen molar-refractivity contribution in [3.8, 4) is 5.75 Å². The van der Waals surface area contributed by atoms with E-state index in [1.54, 1.807) is 6.26 Å². The van der Waals surface area contributed by atoms with Gasteiger partial charge in [-0.15, -0.1) is 0 Å². The number of piperazine rings is 1. The molecular formula is C17H26N2O2. The zero-order valence-electron chi connectivity index (χ0n) is 12.9. The fourth-order valence-electron chi connectivity index (χ4n) is 2.28. The molecular weight excluding hydrogens is 264 g/mol. The van der Waals surface area contributed by atoms with Crippen LogP contribution in [0.1, 0.15) is 6.42 Å². The third-order valence-corrected chi connectivity index (χ3v) is 3.61. The molecule has 4 heteroatoms. The fourth-order valence-corrected chi connectivity index (χ4v) is 2.28. The van der Waals surface area contributed by atoms with Crippen molar-refractivity contribution in [2.75, 3.05) is 53.0 Å². The van der Waals surface area contributed by atoms with E-state index in [0.717, 1.165) is 25.3 Å². The van der Waals surface area contributed by atoms with Crippen molar-refractivity contribution in [3.05, 3.63) is 42.7 Å². The lowest BCUT2D eigenvalue weighted by Gasteiger charge is -2.32. The van der Waals surface area contributed by atoms with E-state index in [9.17, 15) is 0 Å². The van der Waals surface area contributed by atoms with Crippen molar-refractivity contribution < 1.29 is 9.47 Å². The molecule has 21 heavy (non-hydrogen) atoms. The maximum atomic E-state index is 5.54. The van der Waals surface area contributed by atoms with Gasteiger partial charge in [0.15, 0.2) is 0 Å². The largest absolute Gasteiger partial charge is 0.501 e. The lowest BCUT2D eigenvalue weighted by Crippen LogP contribution is -2.44. The standard InChI is InChI=1S/C17H26N2O2/c1-18-10-12-19(13-11-18)9-5-14-20-15-6-16-21-17-7-3-2-4-8-17/h2-4,6-8,15H,5,9-14,16H2,1H3. The Hall–Kier alpha value is -1.52. The van der Waals surface area contributed by atoms with Crippen molar-refractivity contribution in [1.29, 1.82) is 0 Å². The Morgan fingerprint density at radius 1 is 1.10 bits per heavy atom. The molecule has 1 aromatic carbocycles. The second kappa shape index (κ2) is 9.42. The van der Waals surface area contributed by atoms with Crippen LogP contribution in [0.5, 0.6) is 5.75 Å². The minimum atomic E-state index is 0.544. The van der Waals surface area contributed by atoms with Gasteiger partial charge in [0.25, 0.3) is 0 Å². The molecule has 1 fully saturated rings. The number of ether oxygens (including phenoxy) is 2. The van der Waals surface area contributed by atoms with E-state index in [2.05, 4.69) is 16.8 Å². The van der Waals surface area contributed by atoms with Crippen LogP contribution in [-0.4, -0.2) is 62.8 Å². The summed E-state index contributed by atoms with van der Waals surface area (Å²) in [5.74, 6) is 0.886. The van der Waals surface area contributed by atoms with Gasteiger partial charge in [0.05, 0.1) is 12.9 Å². The second-order valence-electron chi connectivity index (χ2n) is 5.37. The second-order valence-corrected chi connectivity index (χ2v) is 5.37. The Kier molecular flexibility index (Phi) is 7.12. The van der Waals surface area contributed by atoms with Crippen LogP contribution in [0.3, 0.4) is 0 Å². The molecule has 1 aliphatic heterocycles. The summed E-state index contributed by atoms with van der Waals surface area (Å²) < 4.78 is 11.0. The average molecular weight is 290 g/mol. The summed E-state index contributed by atoms with van der Waals surface area (Å²) >= 11 is 0. The van der Waals surface area contributed by atoms with Gasteiger partial charge in [-0.05, 0) is 31.7 Å². The van der Waals surface area contributed by atoms with Crippen LogP contribution in [0.15, 0.2) is 42.7 Å². The molecule has 4 nitrogen and oxygen atoms in total. The van der Waals surface area contributed by atoms with Gasteiger partial charge in [0, 0.05) is 32.7 Å².